The number of nitro benzene ring substituents is 1. The third kappa shape index (κ3) is 3.36. The summed E-state index contributed by atoms with van der Waals surface area (Å²) in [5, 5.41) is 10.8. The van der Waals surface area contributed by atoms with Crippen molar-refractivity contribution in [2.45, 2.75) is 31.1 Å². The minimum Gasteiger partial charge on any atom is -0.258 e. The van der Waals surface area contributed by atoms with Crippen molar-refractivity contribution in [1.29, 1.82) is 0 Å². The number of benzene rings is 1. The van der Waals surface area contributed by atoms with Gasteiger partial charge in [0.2, 0.25) is 10.0 Å². The van der Waals surface area contributed by atoms with Crippen LogP contribution in [0.5, 0.6) is 0 Å². The van der Waals surface area contributed by atoms with Crippen LogP contribution >= 0.6 is 11.6 Å². The Labute approximate surface area is 128 Å². The average molecular weight is 333 g/mol. The van der Waals surface area contributed by atoms with Crippen LogP contribution in [0.1, 0.15) is 26.2 Å². The van der Waals surface area contributed by atoms with E-state index in [1.165, 1.54) is 16.4 Å². The fourth-order valence-electron chi connectivity index (χ4n) is 2.30. The highest BCUT2D eigenvalue weighted by Gasteiger charge is 2.31. The standard InChI is InChI=1S/C13H17ClN2O4S/c1-2-15(9-10-4-3-5-10)21(19,20)13-8-11(16(17)18)6-7-12(13)14/h6-8,10H,2-5,9H2,1H3. The Morgan fingerprint density at radius 3 is 2.57 bits per heavy atom. The van der Waals surface area contributed by atoms with E-state index in [0.717, 1.165) is 25.3 Å². The molecule has 1 aliphatic rings. The molecule has 1 saturated carbocycles. The van der Waals surface area contributed by atoms with Crippen LogP contribution in [-0.4, -0.2) is 30.7 Å². The molecule has 1 aromatic rings. The molecular weight excluding hydrogens is 316 g/mol. The van der Waals surface area contributed by atoms with Gasteiger partial charge >= 0.3 is 0 Å². The van der Waals surface area contributed by atoms with E-state index in [4.69, 9.17) is 11.6 Å². The maximum absolute atomic E-state index is 12.7. The van der Waals surface area contributed by atoms with Crippen LogP contribution < -0.4 is 0 Å². The molecule has 8 heteroatoms. The third-order valence-corrected chi connectivity index (χ3v) is 6.21. The van der Waals surface area contributed by atoms with Crippen molar-refractivity contribution in [1.82, 2.24) is 4.31 Å². The van der Waals surface area contributed by atoms with Gasteiger partial charge in [-0.3, -0.25) is 10.1 Å². The molecule has 1 fully saturated rings. The molecular formula is C13H17ClN2O4S. The Balaban J connectivity index is 2.36. The lowest BCUT2D eigenvalue weighted by atomic mass is 9.85. The van der Waals surface area contributed by atoms with Gasteiger partial charge in [0.15, 0.2) is 0 Å². The van der Waals surface area contributed by atoms with Crippen LogP contribution in [0.25, 0.3) is 0 Å². The van der Waals surface area contributed by atoms with Gasteiger partial charge in [-0.1, -0.05) is 24.9 Å². The first-order valence-electron chi connectivity index (χ1n) is 6.80. The van der Waals surface area contributed by atoms with Gasteiger partial charge in [-0.2, -0.15) is 4.31 Å². The van der Waals surface area contributed by atoms with Crippen molar-refractivity contribution in [3.63, 3.8) is 0 Å². The van der Waals surface area contributed by atoms with Gasteiger partial charge in [0.05, 0.1) is 9.95 Å². The van der Waals surface area contributed by atoms with Gasteiger partial charge in [-0.05, 0) is 24.8 Å². The van der Waals surface area contributed by atoms with Gasteiger partial charge < -0.3 is 0 Å². The monoisotopic (exact) mass is 332 g/mol. The lowest BCUT2D eigenvalue weighted by molar-refractivity contribution is -0.385. The fraction of sp³-hybridized carbons (Fsp3) is 0.538. The van der Waals surface area contributed by atoms with Crippen LogP contribution in [0.2, 0.25) is 5.02 Å². The summed E-state index contributed by atoms with van der Waals surface area (Å²) in [6, 6.07) is 3.48. The van der Waals surface area contributed by atoms with E-state index in [1.54, 1.807) is 6.92 Å². The minimum absolute atomic E-state index is 0.00709. The maximum atomic E-state index is 12.7. The largest absolute Gasteiger partial charge is 0.270 e. The average Bonchev–Trinajstić information content (AvgIpc) is 2.37. The molecule has 0 radical (unpaired) electrons. The number of halogens is 1. The van der Waals surface area contributed by atoms with Crippen molar-refractivity contribution < 1.29 is 13.3 Å². The van der Waals surface area contributed by atoms with E-state index >= 15 is 0 Å². The molecule has 2 rings (SSSR count). The molecule has 0 heterocycles. The van der Waals surface area contributed by atoms with Crippen molar-refractivity contribution in [2.24, 2.45) is 5.92 Å². The molecule has 0 unspecified atom stereocenters. The number of non-ortho nitro benzene ring substituents is 1. The zero-order valence-corrected chi connectivity index (χ0v) is 13.2. The second kappa shape index (κ2) is 6.29. The zero-order valence-electron chi connectivity index (χ0n) is 11.7. The molecule has 0 atom stereocenters. The Morgan fingerprint density at radius 2 is 2.10 bits per heavy atom. The van der Waals surface area contributed by atoms with Gasteiger partial charge in [-0.25, -0.2) is 8.42 Å². The second-order valence-corrected chi connectivity index (χ2v) is 7.44. The van der Waals surface area contributed by atoms with E-state index in [2.05, 4.69) is 0 Å². The van der Waals surface area contributed by atoms with Crippen molar-refractivity contribution in [3.05, 3.63) is 33.3 Å². The topological polar surface area (TPSA) is 80.5 Å². The number of sulfonamides is 1. The van der Waals surface area contributed by atoms with Crippen molar-refractivity contribution >= 4 is 27.3 Å². The second-order valence-electron chi connectivity index (χ2n) is 5.12. The highest BCUT2D eigenvalue weighted by molar-refractivity contribution is 7.89. The van der Waals surface area contributed by atoms with Crippen LogP contribution in [0.15, 0.2) is 23.1 Å². The summed E-state index contributed by atoms with van der Waals surface area (Å²) in [5.74, 6) is 0.372. The highest BCUT2D eigenvalue weighted by atomic mass is 35.5. The van der Waals surface area contributed by atoms with Crippen molar-refractivity contribution in [2.75, 3.05) is 13.1 Å². The molecule has 0 spiro atoms. The number of hydrogen-bond acceptors (Lipinski definition) is 4. The van der Waals surface area contributed by atoms with Crippen LogP contribution in [0, 0.1) is 16.0 Å². The fourth-order valence-corrected chi connectivity index (χ4v) is 4.32. The molecule has 0 saturated heterocycles. The predicted molar refractivity (Wildman–Crippen MR) is 79.9 cm³/mol. The summed E-state index contributed by atoms with van der Waals surface area (Å²) in [7, 11) is -3.81. The van der Waals surface area contributed by atoms with Gasteiger partial charge in [-0.15, -0.1) is 0 Å². The molecule has 0 N–H and O–H groups in total. The molecule has 6 nitrogen and oxygen atoms in total. The number of nitro groups is 1. The molecule has 0 amide bonds. The number of hydrogen-bond donors (Lipinski definition) is 0. The summed E-state index contributed by atoms with van der Waals surface area (Å²) < 4.78 is 26.7. The first-order chi connectivity index (χ1) is 9.86. The summed E-state index contributed by atoms with van der Waals surface area (Å²) in [6.45, 7) is 2.51. The zero-order chi connectivity index (χ0) is 15.6. The normalized spacial score (nSPS) is 16.0. The van der Waals surface area contributed by atoms with Crippen LogP contribution in [0.4, 0.5) is 5.69 Å². The van der Waals surface area contributed by atoms with Gasteiger partial charge in [0.25, 0.3) is 5.69 Å². The van der Waals surface area contributed by atoms with E-state index in [1.807, 2.05) is 0 Å². The molecule has 116 valence electrons. The Bertz CT molecular complexity index is 644. The lowest BCUT2D eigenvalue weighted by Gasteiger charge is -2.31. The summed E-state index contributed by atoms with van der Waals surface area (Å²) >= 11 is 5.94. The van der Waals surface area contributed by atoms with Gasteiger partial charge in [0, 0.05) is 25.2 Å². The predicted octanol–water partition coefficient (Wildman–Crippen LogP) is 3.06. The van der Waals surface area contributed by atoms with E-state index in [0.29, 0.717) is 19.0 Å². The Morgan fingerprint density at radius 1 is 1.43 bits per heavy atom. The quantitative estimate of drug-likeness (QED) is 0.592. The summed E-state index contributed by atoms with van der Waals surface area (Å²) in [4.78, 5) is 10.00. The first kappa shape index (κ1) is 16.2. The summed E-state index contributed by atoms with van der Waals surface area (Å²) in [5.41, 5.74) is -0.280. The maximum Gasteiger partial charge on any atom is 0.270 e. The number of rotatable bonds is 6. The van der Waals surface area contributed by atoms with Crippen LogP contribution in [-0.2, 0) is 10.0 Å². The molecule has 0 aromatic heterocycles. The SMILES string of the molecule is CCN(CC1CCC1)S(=O)(=O)c1cc([N+](=O)[O-])ccc1Cl. The summed E-state index contributed by atoms with van der Waals surface area (Å²) in [6.07, 6.45) is 3.17. The molecule has 1 aliphatic carbocycles. The Kier molecular flexibility index (Phi) is 4.85. The molecule has 1 aromatic carbocycles. The third-order valence-electron chi connectivity index (χ3n) is 3.78. The first-order valence-corrected chi connectivity index (χ1v) is 8.62. The Hall–Kier alpha value is -1.18. The van der Waals surface area contributed by atoms with E-state index in [9.17, 15) is 18.5 Å². The smallest absolute Gasteiger partial charge is 0.258 e. The highest BCUT2D eigenvalue weighted by Crippen LogP contribution is 2.32. The molecule has 0 aliphatic heterocycles. The van der Waals surface area contributed by atoms with E-state index in [-0.39, 0.29) is 15.6 Å². The van der Waals surface area contributed by atoms with Crippen molar-refractivity contribution in [3.8, 4) is 0 Å². The number of nitrogens with zero attached hydrogens (tertiary/aromatic N) is 2. The molecule has 0 bridgehead atoms. The lowest BCUT2D eigenvalue weighted by Crippen LogP contribution is -2.37. The minimum atomic E-state index is -3.81. The van der Waals surface area contributed by atoms with E-state index < -0.39 is 14.9 Å². The molecule has 21 heavy (non-hydrogen) atoms. The van der Waals surface area contributed by atoms with Gasteiger partial charge in [0.1, 0.15) is 4.90 Å². The van der Waals surface area contributed by atoms with Crippen LogP contribution in [0.3, 0.4) is 0 Å².